The van der Waals surface area contributed by atoms with Gasteiger partial charge in [0.15, 0.2) is 0 Å². The number of hydrogen-bond acceptors (Lipinski definition) is 5. The lowest BCUT2D eigenvalue weighted by Gasteiger charge is -2.19. The third kappa shape index (κ3) is 4.12. The van der Waals surface area contributed by atoms with Gasteiger partial charge in [0.05, 0.1) is 6.54 Å². The first-order valence-corrected chi connectivity index (χ1v) is 8.55. The monoisotopic (exact) mass is 318 g/mol. The van der Waals surface area contributed by atoms with E-state index in [4.69, 9.17) is 4.74 Å². The predicted octanol–water partition coefficient (Wildman–Crippen LogP) is 2.10. The molecule has 1 atom stereocenters. The Morgan fingerprint density at radius 2 is 2.09 bits per heavy atom. The fourth-order valence-electron chi connectivity index (χ4n) is 3.45. The van der Waals surface area contributed by atoms with Crippen molar-refractivity contribution < 1.29 is 9.53 Å². The second kappa shape index (κ2) is 7.15. The Labute approximate surface area is 137 Å². The Balaban J connectivity index is 1.51. The van der Waals surface area contributed by atoms with Gasteiger partial charge in [-0.15, -0.1) is 0 Å². The summed E-state index contributed by atoms with van der Waals surface area (Å²) in [6, 6.07) is 1.84. The fraction of sp³-hybridized carbons (Fsp3) is 0.706. The number of likely N-dealkylation sites (tertiary alicyclic amines) is 1. The van der Waals surface area contributed by atoms with Gasteiger partial charge in [-0.25, -0.2) is 9.97 Å². The van der Waals surface area contributed by atoms with E-state index in [1.54, 1.807) is 0 Å². The van der Waals surface area contributed by atoms with Crippen LogP contribution in [-0.4, -0.2) is 54.1 Å². The van der Waals surface area contributed by atoms with Crippen LogP contribution in [-0.2, 0) is 4.79 Å². The summed E-state index contributed by atoms with van der Waals surface area (Å²) in [5.74, 6) is 2.30. The van der Waals surface area contributed by atoms with Crippen LogP contribution in [0.15, 0.2) is 12.4 Å². The highest BCUT2D eigenvalue weighted by atomic mass is 16.5. The van der Waals surface area contributed by atoms with Crippen LogP contribution in [0.3, 0.4) is 0 Å². The summed E-state index contributed by atoms with van der Waals surface area (Å²) in [5, 5.41) is 0. The molecule has 6 nitrogen and oxygen atoms in total. The number of hydrogen-bond donors (Lipinski definition) is 0. The lowest BCUT2D eigenvalue weighted by molar-refractivity contribution is -0.131. The lowest BCUT2D eigenvalue weighted by atomic mass is 10.0. The Morgan fingerprint density at radius 3 is 2.83 bits per heavy atom. The van der Waals surface area contributed by atoms with E-state index in [0.717, 1.165) is 18.8 Å². The number of nitrogens with zero attached hydrogens (tertiary/aromatic N) is 4. The zero-order valence-electron chi connectivity index (χ0n) is 14.1. The summed E-state index contributed by atoms with van der Waals surface area (Å²) >= 11 is 0. The van der Waals surface area contributed by atoms with E-state index in [1.165, 1.54) is 32.0 Å². The summed E-state index contributed by atoms with van der Waals surface area (Å²) in [4.78, 5) is 24.6. The molecule has 1 saturated heterocycles. The number of rotatable bonds is 5. The molecule has 1 aliphatic carbocycles. The number of carbonyl (C=O) groups is 1. The Hall–Kier alpha value is -1.85. The van der Waals surface area contributed by atoms with Crippen LogP contribution in [0.1, 0.15) is 38.5 Å². The Morgan fingerprint density at radius 1 is 1.30 bits per heavy atom. The number of carbonyl (C=O) groups excluding carboxylic acids is 1. The van der Waals surface area contributed by atoms with E-state index in [2.05, 4.69) is 9.97 Å². The van der Waals surface area contributed by atoms with Crippen LogP contribution in [0.4, 0.5) is 5.82 Å². The third-order valence-electron chi connectivity index (χ3n) is 4.81. The maximum absolute atomic E-state index is 12.4. The molecule has 1 aliphatic heterocycles. The van der Waals surface area contributed by atoms with Gasteiger partial charge in [0.25, 0.3) is 0 Å². The van der Waals surface area contributed by atoms with Gasteiger partial charge >= 0.3 is 0 Å². The Bertz CT molecular complexity index is 543. The van der Waals surface area contributed by atoms with Crippen molar-refractivity contribution in [2.45, 2.75) is 44.6 Å². The van der Waals surface area contributed by atoms with Crippen LogP contribution < -0.4 is 9.64 Å². The van der Waals surface area contributed by atoms with Crippen molar-refractivity contribution in [2.24, 2.45) is 5.92 Å². The smallest absolute Gasteiger partial charge is 0.222 e. The first-order chi connectivity index (χ1) is 11.1. The second-order valence-corrected chi connectivity index (χ2v) is 6.83. The Kier molecular flexibility index (Phi) is 4.98. The molecule has 0 bridgehead atoms. The molecule has 2 heterocycles. The summed E-state index contributed by atoms with van der Waals surface area (Å²) in [7, 11) is 3.87. The topological polar surface area (TPSA) is 58.6 Å². The van der Waals surface area contributed by atoms with Gasteiger partial charge < -0.3 is 14.5 Å². The van der Waals surface area contributed by atoms with E-state index < -0.39 is 0 Å². The van der Waals surface area contributed by atoms with Crippen molar-refractivity contribution >= 4 is 11.7 Å². The quantitative estimate of drug-likeness (QED) is 0.832. The highest BCUT2D eigenvalue weighted by molar-refractivity contribution is 5.76. The molecular formula is C17H26N4O2. The molecule has 1 amide bonds. The standard InChI is InChI=1S/C17H26N4O2/c1-20(2)15-10-16(19-12-18-15)23-14-7-8-21(11-14)17(22)9-13-5-3-4-6-13/h10,12-14H,3-9,11H2,1-2H3/t14-/m1/s1. The highest BCUT2D eigenvalue weighted by Crippen LogP contribution is 2.29. The van der Waals surface area contributed by atoms with Crippen molar-refractivity contribution in [3.63, 3.8) is 0 Å². The van der Waals surface area contributed by atoms with Gasteiger partial charge in [-0.1, -0.05) is 12.8 Å². The molecule has 0 radical (unpaired) electrons. The van der Waals surface area contributed by atoms with E-state index in [1.807, 2.05) is 30.0 Å². The molecule has 1 aromatic heterocycles. The van der Waals surface area contributed by atoms with Crippen LogP contribution in [0.2, 0.25) is 0 Å². The largest absolute Gasteiger partial charge is 0.472 e. The maximum Gasteiger partial charge on any atom is 0.222 e. The number of amides is 1. The predicted molar refractivity (Wildman–Crippen MR) is 88.5 cm³/mol. The molecule has 0 N–H and O–H groups in total. The average molecular weight is 318 g/mol. The van der Waals surface area contributed by atoms with Crippen molar-refractivity contribution in [1.29, 1.82) is 0 Å². The van der Waals surface area contributed by atoms with E-state index in [0.29, 0.717) is 30.7 Å². The zero-order valence-corrected chi connectivity index (χ0v) is 14.1. The van der Waals surface area contributed by atoms with Crippen molar-refractivity contribution in [3.05, 3.63) is 12.4 Å². The van der Waals surface area contributed by atoms with Crippen LogP contribution in [0.5, 0.6) is 5.88 Å². The maximum atomic E-state index is 12.4. The van der Waals surface area contributed by atoms with Gasteiger partial charge in [-0.05, 0) is 18.8 Å². The first kappa shape index (κ1) is 16.0. The molecule has 6 heteroatoms. The fourth-order valence-corrected chi connectivity index (χ4v) is 3.45. The molecule has 0 spiro atoms. The van der Waals surface area contributed by atoms with Crippen molar-refractivity contribution in [1.82, 2.24) is 14.9 Å². The van der Waals surface area contributed by atoms with Crippen molar-refractivity contribution in [2.75, 3.05) is 32.1 Å². The normalized spacial score (nSPS) is 21.7. The van der Waals surface area contributed by atoms with E-state index >= 15 is 0 Å². The minimum absolute atomic E-state index is 0.0347. The summed E-state index contributed by atoms with van der Waals surface area (Å²) in [6.45, 7) is 1.47. The van der Waals surface area contributed by atoms with Crippen LogP contribution in [0, 0.1) is 5.92 Å². The minimum Gasteiger partial charge on any atom is -0.472 e. The van der Waals surface area contributed by atoms with Crippen molar-refractivity contribution in [3.8, 4) is 5.88 Å². The minimum atomic E-state index is 0.0347. The molecule has 2 fully saturated rings. The van der Waals surface area contributed by atoms with Crippen LogP contribution >= 0.6 is 0 Å². The number of aromatic nitrogens is 2. The second-order valence-electron chi connectivity index (χ2n) is 6.83. The van der Waals surface area contributed by atoms with Gasteiger partial charge in [0, 0.05) is 39.5 Å². The number of ether oxygens (including phenoxy) is 1. The molecule has 0 unspecified atom stereocenters. The molecule has 1 aromatic rings. The SMILES string of the molecule is CN(C)c1cc(O[C@@H]2CCN(C(=O)CC3CCCC3)C2)ncn1. The third-order valence-corrected chi connectivity index (χ3v) is 4.81. The summed E-state index contributed by atoms with van der Waals surface area (Å²) in [5.41, 5.74) is 0. The molecular weight excluding hydrogens is 292 g/mol. The molecule has 1 saturated carbocycles. The average Bonchev–Trinajstić information content (AvgIpc) is 3.19. The van der Waals surface area contributed by atoms with Gasteiger partial charge in [0.2, 0.25) is 11.8 Å². The lowest BCUT2D eigenvalue weighted by Crippen LogP contribution is -2.32. The highest BCUT2D eigenvalue weighted by Gasteiger charge is 2.29. The molecule has 0 aromatic carbocycles. The first-order valence-electron chi connectivity index (χ1n) is 8.55. The van der Waals surface area contributed by atoms with Gasteiger partial charge in [-0.2, -0.15) is 0 Å². The van der Waals surface area contributed by atoms with E-state index in [9.17, 15) is 4.79 Å². The molecule has 126 valence electrons. The number of anilines is 1. The summed E-state index contributed by atoms with van der Waals surface area (Å²) < 4.78 is 5.94. The molecule has 23 heavy (non-hydrogen) atoms. The van der Waals surface area contributed by atoms with Gasteiger partial charge in [0.1, 0.15) is 18.2 Å². The molecule has 2 aliphatic rings. The van der Waals surface area contributed by atoms with Crippen LogP contribution in [0.25, 0.3) is 0 Å². The summed E-state index contributed by atoms with van der Waals surface area (Å²) in [6.07, 6.45) is 8.14. The van der Waals surface area contributed by atoms with Gasteiger partial charge in [-0.3, -0.25) is 4.79 Å². The zero-order chi connectivity index (χ0) is 16.2. The molecule has 3 rings (SSSR count). The van der Waals surface area contributed by atoms with E-state index in [-0.39, 0.29) is 6.10 Å².